The maximum atomic E-state index is 9.93. The molecule has 0 radical (unpaired) electrons. The standard InChI is InChI=1S/C68H40BN5O/c1-71-48-29-35-62-56(39-48)54-23-12-14-27-60(54)72(62)49-30-32-57-63(40-49)74(68-51(45-18-7-3-8-19-45)24-15-25-52(68)46-20-9-4-10-21-46)64-37-47(44-16-5-2-6-17-44)38-66-67(64)69(57)58-33-31-50(41-65(58)75-66)73-59-26-13-11-22-53(59)55-36-43(42-70)28-34-61(55)73/h2-41H. The predicted octanol–water partition coefficient (Wildman–Crippen LogP) is 15.7. The number of para-hydroxylation sites is 3. The van der Waals surface area contributed by atoms with Crippen molar-refractivity contribution in [1.82, 2.24) is 9.13 Å². The first-order valence-electron chi connectivity index (χ1n) is 25.2. The van der Waals surface area contributed by atoms with Crippen molar-refractivity contribution in [3.8, 4) is 62.3 Å². The van der Waals surface area contributed by atoms with Gasteiger partial charge in [-0.1, -0.05) is 164 Å². The van der Waals surface area contributed by atoms with E-state index < -0.39 is 0 Å². The Bertz CT molecular complexity index is 4540. The summed E-state index contributed by atoms with van der Waals surface area (Å²) in [5.41, 5.74) is 20.4. The largest absolute Gasteiger partial charge is 0.458 e. The van der Waals surface area contributed by atoms with Gasteiger partial charge in [-0.15, -0.1) is 0 Å². The molecule has 0 amide bonds. The Labute approximate surface area is 433 Å². The van der Waals surface area contributed by atoms with E-state index in [0.717, 1.165) is 133 Å². The minimum atomic E-state index is -0.210. The van der Waals surface area contributed by atoms with E-state index in [0.29, 0.717) is 11.3 Å². The van der Waals surface area contributed by atoms with Crippen molar-refractivity contribution in [2.45, 2.75) is 0 Å². The molecule has 13 aromatic rings. The molecule has 11 aromatic carbocycles. The minimum Gasteiger partial charge on any atom is -0.458 e. The molecule has 4 heterocycles. The van der Waals surface area contributed by atoms with E-state index in [9.17, 15) is 5.26 Å². The minimum absolute atomic E-state index is 0.210. The van der Waals surface area contributed by atoms with Crippen molar-refractivity contribution in [3.05, 3.63) is 260 Å². The van der Waals surface area contributed by atoms with Crippen LogP contribution in [0.5, 0.6) is 11.5 Å². The second-order valence-electron chi connectivity index (χ2n) is 19.4. The van der Waals surface area contributed by atoms with Crippen molar-refractivity contribution < 1.29 is 4.74 Å². The summed E-state index contributed by atoms with van der Waals surface area (Å²) < 4.78 is 12.1. The SMILES string of the molecule is [C-]#[N+]c1ccc2c(c1)c1ccccc1n2-c1ccc2c(c1)N(c1c(-c3ccccc3)cccc1-c1ccccc1)c1cc(-c3ccccc3)cc3c1B2c1ccc(-n2c4ccccc4c4cc(C#N)ccc42)cc1O3. The van der Waals surface area contributed by atoms with E-state index in [1.807, 2.05) is 24.3 Å². The number of hydrogen-bond acceptors (Lipinski definition) is 3. The number of ether oxygens (including phenoxy) is 1. The smallest absolute Gasteiger partial charge is 0.256 e. The summed E-state index contributed by atoms with van der Waals surface area (Å²) in [7, 11) is 0. The van der Waals surface area contributed by atoms with Crippen LogP contribution < -0.4 is 26.0 Å². The van der Waals surface area contributed by atoms with Crippen molar-refractivity contribution >= 4 is 89.5 Å². The van der Waals surface area contributed by atoms with Gasteiger partial charge >= 0.3 is 0 Å². The molecule has 0 atom stereocenters. The Morgan fingerprint density at radius 1 is 0.427 bits per heavy atom. The highest BCUT2D eigenvalue weighted by atomic mass is 16.5. The molecule has 346 valence electrons. The third-order valence-electron chi connectivity index (χ3n) is 15.4. The number of anilines is 3. The van der Waals surface area contributed by atoms with Gasteiger partial charge in [-0.25, -0.2) is 4.85 Å². The lowest BCUT2D eigenvalue weighted by molar-refractivity contribution is 0.487. The predicted molar refractivity (Wildman–Crippen MR) is 308 cm³/mol. The number of nitrogens with zero attached hydrogens (tertiary/aromatic N) is 5. The van der Waals surface area contributed by atoms with Crippen LogP contribution in [0.25, 0.3) is 93.2 Å². The van der Waals surface area contributed by atoms with Crippen LogP contribution in [-0.2, 0) is 0 Å². The summed E-state index contributed by atoms with van der Waals surface area (Å²) in [6.45, 7) is 7.71. The number of benzene rings is 11. The summed E-state index contributed by atoms with van der Waals surface area (Å²) in [5.74, 6) is 1.59. The normalized spacial score (nSPS) is 12.3. The van der Waals surface area contributed by atoms with Crippen molar-refractivity contribution in [2.24, 2.45) is 0 Å². The van der Waals surface area contributed by atoms with Gasteiger partial charge in [-0.05, 0) is 117 Å². The van der Waals surface area contributed by atoms with Crippen LogP contribution in [0.2, 0.25) is 0 Å². The zero-order valence-electron chi connectivity index (χ0n) is 40.3. The number of hydrogen-bond donors (Lipinski definition) is 0. The molecule has 0 aliphatic carbocycles. The molecule has 2 aromatic heterocycles. The van der Waals surface area contributed by atoms with Gasteiger partial charge in [0, 0.05) is 56.1 Å². The molecule has 0 fully saturated rings. The second-order valence-corrected chi connectivity index (χ2v) is 19.4. The zero-order valence-corrected chi connectivity index (χ0v) is 40.3. The van der Waals surface area contributed by atoms with E-state index in [-0.39, 0.29) is 6.71 Å². The van der Waals surface area contributed by atoms with Crippen molar-refractivity contribution in [2.75, 3.05) is 4.90 Å². The second kappa shape index (κ2) is 16.6. The summed E-state index contributed by atoms with van der Waals surface area (Å²) in [6.07, 6.45) is 0. The molecule has 7 heteroatoms. The summed E-state index contributed by atoms with van der Waals surface area (Å²) in [5, 5.41) is 14.2. The molecule has 6 nitrogen and oxygen atoms in total. The third-order valence-corrected chi connectivity index (χ3v) is 15.4. The Morgan fingerprint density at radius 2 is 0.987 bits per heavy atom. The molecule has 2 aliphatic heterocycles. The number of fused-ring (bicyclic) bond motifs is 10. The Hall–Kier alpha value is -10.3. The van der Waals surface area contributed by atoms with E-state index in [2.05, 4.69) is 243 Å². The molecule has 75 heavy (non-hydrogen) atoms. The molecular formula is C68H40BN5O. The van der Waals surface area contributed by atoms with Gasteiger partial charge in [0.15, 0.2) is 5.69 Å². The molecule has 0 saturated carbocycles. The maximum Gasteiger partial charge on any atom is 0.256 e. The first-order chi connectivity index (χ1) is 37.1. The number of aromatic nitrogens is 2. The average molecular weight is 954 g/mol. The van der Waals surface area contributed by atoms with Gasteiger partial charge in [-0.3, -0.25) is 0 Å². The highest BCUT2D eigenvalue weighted by Crippen LogP contribution is 2.50. The molecular weight excluding hydrogens is 914 g/mol. The van der Waals surface area contributed by atoms with Gasteiger partial charge in [-0.2, -0.15) is 5.26 Å². The fourth-order valence-corrected chi connectivity index (χ4v) is 12.1. The fraction of sp³-hybridized carbons (Fsp3) is 0. The molecule has 2 aliphatic rings. The molecule has 0 bridgehead atoms. The Balaban J connectivity index is 1.04. The first-order valence-corrected chi connectivity index (χ1v) is 25.2. The van der Waals surface area contributed by atoms with Crippen LogP contribution >= 0.6 is 0 Å². The van der Waals surface area contributed by atoms with E-state index >= 15 is 0 Å². The highest BCUT2D eigenvalue weighted by Gasteiger charge is 2.43. The molecule has 15 rings (SSSR count). The van der Waals surface area contributed by atoms with Crippen LogP contribution in [0.4, 0.5) is 22.7 Å². The average Bonchev–Trinajstić information content (AvgIpc) is 4.02. The van der Waals surface area contributed by atoms with Crippen LogP contribution in [0.15, 0.2) is 243 Å². The lowest BCUT2D eigenvalue weighted by atomic mass is 9.34. The van der Waals surface area contributed by atoms with E-state index in [1.165, 1.54) is 0 Å². The highest BCUT2D eigenvalue weighted by molar-refractivity contribution is 6.99. The first kappa shape index (κ1) is 42.4. The van der Waals surface area contributed by atoms with Crippen LogP contribution in [0.1, 0.15) is 5.56 Å². The third kappa shape index (κ3) is 6.45. The quantitative estimate of drug-likeness (QED) is 0.123. The van der Waals surface area contributed by atoms with Gasteiger partial charge in [0.1, 0.15) is 11.5 Å². The van der Waals surface area contributed by atoms with Gasteiger partial charge < -0.3 is 18.8 Å². The summed E-state index contributed by atoms with van der Waals surface area (Å²) in [4.78, 5) is 6.36. The lowest BCUT2D eigenvalue weighted by Crippen LogP contribution is -2.59. The van der Waals surface area contributed by atoms with Gasteiger partial charge in [0.25, 0.3) is 6.71 Å². The molecule has 0 spiro atoms. The molecule has 0 N–H and O–H groups in total. The van der Waals surface area contributed by atoms with Gasteiger partial charge in [0.05, 0.1) is 46.0 Å². The van der Waals surface area contributed by atoms with E-state index in [1.54, 1.807) is 0 Å². The zero-order chi connectivity index (χ0) is 49.7. The van der Waals surface area contributed by atoms with E-state index in [4.69, 9.17) is 11.3 Å². The van der Waals surface area contributed by atoms with Crippen molar-refractivity contribution in [1.29, 1.82) is 5.26 Å². The van der Waals surface area contributed by atoms with Crippen LogP contribution in [0.3, 0.4) is 0 Å². The summed E-state index contributed by atoms with van der Waals surface area (Å²) in [6, 6.07) is 88.3. The topological polar surface area (TPSA) is 50.5 Å². The molecule has 0 unspecified atom stereocenters. The molecule has 0 saturated heterocycles. The van der Waals surface area contributed by atoms with Crippen LogP contribution in [0, 0.1) is 17.9 Å². The van der Waals surface area contributed by atoms with Crippen LogP contribution in [-0.4, -0.2) is 15.8 Å². The van der Waals surface area contributed by atoms with Crippen molar-refractivity contribution in [3.63, 3.8) is 0 Å². The monoisotopic (exact) mass is 953 g/mol. The lowest BCUT2D eigenvalue weighted by Gasteiger charge is -2.42. The van der Waals surface area contributed by atoms with Gasteiger partial charge in [0.2, 0.25) is 0 Å². The summed E-state index contributed by atoms with van der Waals surface area (Å²) >= 11 is 0. The Kier molecular flexibility index (Phi) is 9.38. The maximum absolute atomic E-state index is 9.93. The number of nitriles is 1. The fourth-order valence-electron chi connectivity index (χ4n) is 12.1. The number of rotatable bonds is 6. The Morgan fingerprint density at radius 3 is 1.63 bits per heavy atom.